The van der Waals surface area contributed by atoms with E-state index in [1.807, 2.05) is 6.92 Å². The maximum absolute atomic E-state index is 11.9. The van der Waals surface area contributed by atoms with Crippen LogP contribution in [-0.4, -0.2) is 23.7 Å². The van der Waals surface area contributed by atoms with Crippen molar-refractivity contribution in [2.45, 2.75) is 33.6 Å². The molecule has 0 aromatic heterocycles. The van der Waals surface area contributed by atoms with E-state index in [0.717, 1.165) is 17.0 Å². The van der Waals surface area contributed by atoms with Crippen LogP contribution in [0.1, 0.15) is 41.3 Å². The third kappa shape index (κ3) is 3.97. The summed E-state index contributed by atoms with van der Waals surface area (Å²) >= 11 is 0. The summed E-state index contributed by atoms with van der Waals surface area (Å²) in [5.74, 6) is 0.248. The van der Waals surface area contributed by atoms with Gasteiger partial charge in [-0.15, -0.1) is 0 Å². The molecule has 21 heavy (non-hydrogen) atoms. The second kappa shape index (κ2) is 6.16. The number of rotatable bonds is 5. The smallest absolute Gasteiger partial charge is 0.336 e. The molecule has 5 heteroatoms. The molecule has 1 saturated carbocycles. The zero-order chi connectivity index (χ0) is 15.6. The number of carbonyl (C=O) groups is 2. The zero-order valence-corrected chi connectivity index (χ0v) is 12.7. The zero-order valence-electron chi connectivity index (χ0n) is 12.7. The molecule has 5 nitrogen and oxygen atoms in total. The number of carboxylic acid groups (broad SMARTS) is 1. The summed E-state index contributed by atoms with van der Waals surface area (Å²) in [6, 6.07) is 2.99. The summed E-state index contributed by atoms with van der Waals surface area (Å²) in [5.41, 5.74) is 2.29. The monoisotopic (exact) mass is 290 g/mol. The van der Waals surface area contributed by atoms with Crippen LogP contribution in [0.4, 0.5) is 10.5 Å². The highest BCUT2D eigenvalue weighted by Gasteiger charge is 2.27. The van der Waals surface area contributed by atoms with E-state index in [1.165, 1.54) is 18.9 Å². The van der Waals surface area contributed by atoms with Crippen molar-refractivity contribution in [2.24, 2.45) is 11.8 Å². The lowest BCUT2D eigenvalue weighted by Gasteiger charge is -2.14. The number of urea groups is 1. The number of hydrogen-bond donors (Lipinski definition) is 3. The lowest BCUT2D eigenvalue weighted by Crippen LogP contribution is -2.33. The van der Waals surface area contributed by atoms with E-state index in [4.69, 9.17) is 5.11 Å². The fourth-order valence-electron chi connectivity index (χ4n) is 2.41. The van der Waals surface area contributed by atoms with E-state index in [0.29, 0.717) is 18.2 Å². The molecule has 1 fully saturated rings. The predicted octanol–water partition coefficient (Wildman–Crippen LogP) is 3.17. The highest BCUT2D eigenvalue weighted by atomic mass is 16.4. The van der Waals surface area contributed by atoms with Crippen LogP contribution >= 0.6 is 0 Å². The average molecular weight is 290 g/mol. The molecule has 0 aliphatic heterocycles. The fraction of sp³-hybridized carbons (Fsp3) is 0.500. The minimum Gasteiger partial charge on any atom is -0.478 e. The van der Waals surface area contributed by atoms with Crippen molar-refractivity contribution in [2.75, 3.05) is 11.9 Å². The molecule has 114 valence electrons. The summed E-state index contributed by atoms with van der Waals surface area (Å²) < 4.78 is 0. The third-order valence-corrected chi connectivity index (χ3v) is 4.17. The SMILES string of the molecule is Cc1cc(NC(=O)NCC(C)C2CC2)cc(C(=O)O)c1C. The van der Waals surface area contributed by atoms with Gasteiger partial charge in [0.05, 0.1) is 5.56 Å². The molecule has 0 bridgehead atoms. The van der Waals surface area contributed by atoms with Gasteiger partial charge in [0, 0.05) is 12.2 Å². The van der Waals surface area contributed by atoms with Crippen molar-refractivity contribution in [1.82, 2.24) is 5.32 Å². The van der Waals surface area contributed by atoms with Gasteiger partial charge in [0.2, 0.25) is 0 Å². The van der Waals surface area contributed by atoms with E-state index < -0.39 is 5.97 Å². The van der Waals surface area contributed by atoms with Gasteiger partial charge in [0.25, 0.3) is 0 Å². The summed E-state index contributed by atoms with van der Waals surface area (Å²) in [7, 11) is 0. The lowest BCUT2D eigenvalue weighted by molar-refractivity contribution is 0.0696. The average Bonchev–Trinajstić information content (AvgIpc) is 3.24. The van der Waals surface area contributed by atoms with Gasteiger partial charge in [0.15, 0.2) is 0 Å². The van der Waals surface area contributed by atoms with Gasteiger partial charge in [-0.05, 0) is 61.8 Å². The number of amides is 2. The maximum atomic E-state index is 11.9. The maximum Gasteiger partial charge on any atom is 0.336 e. The Labute approximate surface area is 124 Å². The number of carbonyl (C=O) groups excluding carboxylic acids is 1. The Morgan fingerprint density at radius 3 is 2.57 bits per heavy atom. The fourth-order valence-corrected chi connectivity index (χ4v) is 2.41. The topological polar surface area (TPSA) is 78.4 Å². The standard InChI is InChI=1S/C16H22N2O3/c1-9-6-13(7-14(11(9)3)15(19)20)18-16(21)17-8-10(2)12-4-5-12/h6-7,10,12H,4-5,8H2,1-3H3,(H,19,20)(H2,17,18,21). The van der Waals surface area contributed by atoms with Gasteiger partial charge in [-0.3, -0.25) is 0 Å². The highest BCUT2D eigenvalue weighted by Crippen LogP contribution is 2.36. The lowest BCUT2D eigenvalue weighted by atomic mass is 10.0. The van der Waals surface area contributed by atoms with Gasteiger partial charge >= 0.3 is 12.0 Å². The Morgan fingerprint density at radius 1 is 1.33 bits per heavy atom. The summed E-state index contributed by atoms with van der Waals surface area (Å²) in [5, 5.41) is 14.7. The minimum absolute atomic E-state index is 0.219. The van der Waals surface area contributed by atoms with Crippen molar-refractivity contribution in [3.8, 4) is 0 Å². The van der Waals surface area contributed by atoms with Crippen LogP contribution in [0.25, 0.3) is 0 Å². The number of aryl methyl sites for hydroxylation is 1. The van der Waals surface area contributed by atoms with E-state index in [1.54, 1.807) is 13.0 Å². The first-order valence-electron chi connectivity index (χ1n) is 7.28. The first-order valence-corrected chi connectivity index (χ1v) is 7.28. The van der Waals surface area contributed by atoms with Crippen LogP contribution in [0, 0.1) is 25.7 Å². The summed E-state index contributed by atoms with van der Waals surface area (Å²) in [6.07, 6.45) is 2.51. The van der Waals surface area contributed by atoms with Gasteiger partial charge in [0.1, 0.15) is 0 Å². The number of hydrogen-bond acceptors (Lipinski definition) is 2. The normalized spacial score (nSPS) is 15.4. The quantitative estimate of drug-likeness (QED) is 0.779. The highest BCUT2D eigenvalue weighted by molar-refractivity contribution is 5.94. The molecule has 1 atom stereocenters. The van der Waals surface area contributed by atoms with E-state index in [9.17, 15) is 9.59 Å². The molecule has 1 aliphatic carbocycles. The molecule has 1 aliphatic rings. The molecule has 0 heterocycles. The van der Waals surface area contributed by atoms with Crippen molar-refractivity contribution in [1.29, 1.82) is 0 Å². The molecule has 1 aromatic rings. The largest absolute Gasteiger partial charge is 0.478 e. The van der Waals surface area contributed by atoms with Gasteiger partial charge < -0.3 is 15.7 Å². The van der Waals surface area contributed by atoms with Crippen molar-refractivity contribution < 1.29 is 14.7 Å². The number of benzene rings is 1. The Bertz CT molecular complexity index is 565. The minimum atomic E-state index is -0.984. The number of aromatic carboxylic acids is 1. The molecule has 2 amide bonds. The second-order valence-corrected chi connectivity index (χ2v) is 5.92. The second-order valence-electron chi connectivity index (χ2n) is 5.92. The molecule has 0 radical (unpaired) electrons. The van der Waals surface area contributed by atoms with E-state index in [-0.39, 0.29) is 11.6 Å². The van der Waals surface area contributed by atoms with Crippen LogP contribution in [0.15, 0.2) is 12.1 Å². The molecule has 3 N–H and O–H groups in total. The third-order valence-electron chi connectivity index (χ3n) is 4.17. The Kier molecular flexibility index (Phi) is 4.50. The molecule has 0 saturated heterocycles. The van der Waals surface area contributed by atoms with E-state index >= 15 is 0 Å². The Hall–Kier alpha value is -2.04. The molecule has 2 rings (SSSR count). The van der Waals surface area contributed by atoms with Crippen LogP contribution < -0.4 is 10.6 Å². The van der Waals surface area contributed by atoms with Crippen LogP contribution in [0.3, 0.4) is 0 Å². The van der Waals surface area contributed by atoms with Crippen LogP contribution in [0.5, 0.6) is 0 Å². The molecular formula is C16H22N2O3. The number of nitrogens with one attached hydrogen (secondary N) is 2. The van der Waals surface area contributed by atoms with Gasteiger partial charge in [-0.2, -0.15) is 0 Å². The van der Waals surface area contributed by atoms with Crippen molar-refractivity contribution in [3.63, 3.8) is 0 Å². The van der Waals surface area contributed by atoms with Gasteiger partial charge in [-0.1, -0.05) is 6.92 Å². The van der Waals surface area contributed by atoms with E-state index in [2.05, 4.69) is 17.6 Å². The molecular weight excluding hydrogens is 268 g/mol. The van der Waals surface area contributed by atoms with Crippen molar-refractivity contribution in [3.05, 3.63) is 28.8 Å². The summed E-state index contributed by atoms with van der Waals surface area (Å²) in [4.78, 5) is 23.0. The molecule has 1 aromatic carbocycles. The molecule has 0 spiro atoms. The summed E-state index contributed by atoms with van der Waals surface area (Å²) in [6.45, 7) is 6.38. The Balaban J connectivity index is 1.98. The number of carboxylic acids is 1. The Morgan fingerprint density at radius 2 is 2.00 bits per heavy atom. The van der Waals surface area contributed by atoms with Gasteiger partial charge in [-0.25, -0.2) is 9.59 Å². The van der Waals surface area contributed by atoms with Crippen LogP contribution in [0.2, 0.25) is 0 Å². The predicted molar refractivity (Wildman–Crippen MR) is 81.8 cm³/mol. The first kappa shape index (κ1) is 15.4. The van der Waals surface area contributed by atoms with Crippen molar-refractivity contribution >= 4 is 17.7 Å². The first-order chi connectivity index (χ1) is 9.88. The molecule has 1 unspecified atom stereocenters. The van der Waals surface area contributed by atoms with Crippen LogP contribution in [-0.2, 0) is 0 Å². The number of anilines is 1.